The molecule has 0 aliphatic carbocycles. The van der Waals surface area contributed by atoms with Gasteiger partial charge in [0.1, 0.15) is 5.76 Å². The summed E-state index contributed by atoms with van der Waals surface area (Å²) in [6.07, 6.45) is -0.259. The van der Waals surface area contributed by atoms with E-state index in [0.29, 0.717) is 55.7 Å². The summed E-state index contributed by atoms with van der Waals surface area (Å²) < 4.78 is 42.2. The Labute approximate surface area is 232 Å². The van der Waals surface area contributed by atoms with Crippen LogP contribution in [-0.4, -0.2) is 93.4 Å². The third-order valence-corrected chi connectivity index (χ3v) is 6.87. The number of benzene rings is 2. The number of carbonyl (C=O) groups is 2. The van der Waals surface area contributed by atoms with E-state index in [1.165, 1.54) is 38.4 Å². The number of nitrogens with zero attached hydrogens (tertiary/aromatic N) is 2. The van der Waals surface area contributed by atoms with Gasteiger partial charge in [0, 0.05) is 31.7 Å². The van der Waals surface area contributed by atoms with Crippen LogP contribution in [0.2, 0.25) is 0 Å². The molecule has 2 heterocycles. The number of amides is 1. The van der Waals surface area contributed by atoms with E-state index in [1.54, 1.807) is 26.0 Å². The number of ketones is 1. The second-order valence-electron chi connectivity index (χ2n) is 9.72. The van der Waals surface area contributed by atoms with E-state index in [1.807, 2.05) is 0 Å². The Balaban J connectivity index is 1.83. The molecule has 1 unspecified atom stereocenters. The van der Waals surface area contributed by atoms with E-state index < -0.39 is 29.3 Å². The fourth-order valence-corrected chi connectivity index (χ4v) is 4.94. The molecule has 10 nitrogen and oxygen atoms in total. The van der Waals surface area contributed by atoms with Crippen LogP contribution in [0.4, 0.5) is 4.39 Å². The molecule has 0 bridgehead atoms. The number of Topliss-reactive ketones (excluding diaryl/α,β-unsaturated/α-hetero) is 1. The Bertz CT molecular complexity index is 1260. The van der Waals surface area contributed by atoms with Gasteiger partial charge in [0.05, 0.1) is 52.3 Å². The van der Waals surface area contributed by atoms with Gasteiger partial charge in [0.25, 0.3) is 11.7 Å². The minimum atomic E-state index is -0.996. The Kier molecular flexibility index (Phi) is 9.16. The van der Waals surface area contributed by atoms with Gasteiger partial charge in [0.2, 0.25) is 5.75 Å². The summed E-state index contributed by atoms with van der Waals surface area (Å²) in [6, 6.07) is 6.18. The molecule has 1 atom stereocenters. The van der Waals surface area contributed by atoms with Gasteiger partial charge in [-0.25, -0.2) is 4.39 Å². The SMILES string of the molecule is COc1cc(C2/C(=C(\O)c3ccc(OC(C)C)c(F)c3)C(=O)C(=O)N2CCN2CCOCC2)cc(OC)c1OC. The zero-order valence-electron chi connectivity index (χ0n) is 23.4. The van der Waals surface area contributed by atoms with E-state index in [0.717, 1.165) is 6.07 Å². The maximum Gasteiger partial charge on any atom is 0.295 e. The minimum Gasteiger partial charge on any atom is -0.507 e. The number of aliphatic hydroxyl groups is 1. The molecular weight excluding hydrogens is 523 g/mol. The maximum atomic E-state index is 14.9. The number of likely N-dealkylation sites (tertiary alicyclic amines) is 1. The molecule has 1 amide bonds. The number of rotatable bonds is 10. The van der Waals surface area contributed by atoms with E-state index >= 15 is 0 Å². The fourth-order valence-electron chi connectivity index (χ4n) is 4.94. The topological polar surface area (TPSA) is 107 Å². The van der Waals surface area contributed by atoms with Gasteiger partial charge in [-0.05, 0) is 49.7 Å². The Morgan fingerprint density at radius 2 is 1.65 bits per heavy atom. The summed E-state index contributed by atoms with van der Waals surface area (Å²) in [5, 5.41) is 11.4. The van der Waals surface area contributed by atoms with Crippen molar-refractivity contribution in [2.45, 2.75) is 26.0 Å². The first kappa shape index (κ1) is 29.2. The lowest BCUT2D eigenvalue weighted by molar-refractivity contribution is -0.140. The van der Waals surface area contributed by atoms with Crippen molar-refractivity contribution in [3.8, 4) is 23.0 Å². The summed E-state index contributed by atoms with van der Waals surface area (Å²) >= 11 is 0. The van der Waals surface area contributed by atoms with Crippen LogP contribution in [-0.2, 0) is 14.3 Å². The van der Waals surface area contributed by atoms with Gasteiger partial charge >= 0.3 is 0 Å². The van der Waals surface area contributed by atoms with Gasteiger partial charge in [-0.3, -0.25) is 14.5 Å². The number of halogens is 1. The van der Waals surface area contributed by atoms with E-state index in [4.69, 9.17) is 23.7 Å². The van der Waals surface area contributed by atoms with Crippen LogP contribution in [0.15, 0.2) is 35.9 Å². The number of hydrogen-bond donors (Lipinski definition) is 1. The summed E-state index contributed by atoms with van der Waals surface area (Å²) in [7, 11) is 4.38. The number of morpholine rings is 1. The summed E-state index contributed by atoms with van der Waals surface area (Å²) in [4.78, 5) is 30.4. The number of aliphatic hydroxyl groups excluding tert-OH is 1. The molecule has 2 aliphatic heterocycles. The molecular formula is C29H35FN2O8. The molecule has 0 saturated carbocycles. The van der Waals surface area contributed by atoms with Crippen molar-refractivity contribution in [1.29, 1.82) is 0 Å². The highest BCUT2D eigenvalue weighted by Gasteiger charge is 2.46. The highest BCUT2D eigenvalue weighted by atomic mass is 19.1. The molecule has 2 aliphatic rings. The predicted octanol–water partition coefficient (Wildman–Crippen LogP) is 3.39. The molecule has 0 spiro atoms. The molecule has 2 saturated heterocycles. The normalized spacial score (nSPS) is 19.3. The van der Waals surface area contributed by atoms with Crippen LogP contribution in [0.1, 0.15) is 31.0 Å². The Morgan fingerprint density at radius 3 is 2.20 bits per heavy atom. The molecule has 0 radical (unpaired) electrons. The third kappa shape index (κ3) is 5.85. The average Bonchev–Trinajstić information content (AvgIpc) is 3.21. The van der Waals surface area contributed by atoms with E-state index in [-0.39, 0.29) is 29.5 Å². The Morgan fingerprint density at radius 1 is 1.00 bits per heavy atom. The monoisotopic (exact) mass is 558 g/mol. The molecule has 2 fully saturated rings. The average molecular weight is 559 g/mol. The second kappa shape index (κ2) is 12.6. The molecule has 0 aromatic heterocycles. The molecule has 1 N–H and O–H groups in total. The first-order valence-corrected chi connectivity index (χ1v) is 13.0. The highest BCUT2D eigenvalue weighted by Crippen LogP contribution is 2.45. The van der Waals surface area contributed by atoms with Crippen molar-refractivity contribution in [2.75, 3.05) is 60.7 Å². The van der Waals surface area contributed by atoms with E-state index in [9.17, 15) is 19.1 Å². The molecule has 216 valence electrons. The van der Waals surface area contributed by atoms with Gasteiger partial charge in [-0.1, -0.05) is 0 Å². The van der Waals surface area contributed by atoms with Crippen LogP contribution in [0.3, 0.4) is 0 Å². The zero-order valence-corrected chi connectivity index (χ0v) is 23.4. The van der Waals surface area contributed by atoms with Crippen molar-refractivity contribution < 1.29 is 42.8 Å². The quantitative estimate of drug-likeness (QED) is 0.267. The van der Waals surface area contributed by atoms with Gasteiger partial charge in [-0.15, -0.1) is 0 Å². The van der Waals surface area contributed by atoms with Gasteiger partial charge < -0.3 is 33.7 Å². The minimum absolute atomic E-state index is 0.0127. The third-order valence-electron chi connectivity index (χ3n) is 6.87. The molecule has 2 aromatic carbocycles. The number of hydrogen-bond acceptors (Lipinski definition) is 9. The van der Waals surface area contributed by atoms with Crippen molar-refractivity contribution in [2.24, 2.45) is 0 Å². The van der Waals surface area contributed by atoms with Crippen LogP contribution >= 0.6 is 0 Å². The second-order valence-corrected chi connectivity index (χ2v) is 9.72. The maximum absolute atomic E-state index is 14.9. The molecule has 2 aromatic rings. The highest BCUT2D eigenvalue weighted by molar-refractivity contribution is 6.46. The predicted molar refractivity (Wildman–Crippen MR) is 145 cm³/mol. The zero-order chi connectivity index (χ0) is 29.0. The lowest BCUT2D eigenvalue weighted by atomic mass is 9.94. The largest absolute Gasteiger partial charge is 0.507 e. The number of methoxy groups -OCH3 is 3. The van der Waals surface area contributed by atoms with Gasteiger partial charge in [-0.2, -0.15) is 0 Å². The van der Waals surface area contributed by atoms with E-state index in [2.05, 4.69) is 4.90 Å². The van der Waals surface area contributed by atoms with Crippen LogP contribution in [0.25, 0.3) is 5.76 Å². The van der Waals surface area contributed by atoms with Crippen molar-refractivity contribution in [3.63, 3.8) is 0 Å². The molecule has 4 rings (SSSR count). The lowest BCUT2D eigenvalue weighted by Crippen LogP contribution is -2.42. The standard InChI is InChI=1S/C29H35FN2O8/c1-17(2)40-21-7-6-18(14-20(21)30)26(33)24-25(19-15-22(36-3)28(38-5)23(16-19)37-4)32(29(35)27(24)34)9-8-31-10-12-39-13-11-31/h6-7,14-17,25,33H,8-13H2,1-5H3/b26-24+. The van der Waals surface area contributed by atoms with Crippen molar-refractivity contribution >= 4 is 17.4 Å². The summed E-state index contributed by atoms with van der Waals surface area (Å²) in [6.45, 7) is 6.79. The van der Waals surface area contributed by atoms with Crippen LogP contribution < -0.4 is 18.9 Å². The Hall–Kier alpha value is -3.83. The lowest BCUT2D eigenvalue weighted by Gasteiger charge is -2.31. The van der Waals surface area contributed by atoms with Crippen molar-refractivity contribution in [3.05, 3.63) is 52.8 Å². The first-order chi connectivity index (χ1) is 19.2. The summed E-state index contributed by atoms with van der Waals surface area (Å²) in [5.41, 5.74) is 0.327. The number of carbonyl (C=O) groups excluding carboxylic acids is 2. The first-order valence-electron chi connectivity index (χ1n) is 13.0. The van der Waals surface area contributed by atoms with Crippen LogP contribution in [0, 0.1) is 5.82 Å². The smallest absolute Gasteiger partial charge is 0.295 e. The molecule has 40 heavy (non-hydrogen) atoms. The van der Waals surface area contributed by atoms with Crippen molar-refractivity contribution in [1.82, 2.24) is 9.80 Å². The molecule has 11 heteroatoms. The summed E-state index contributed by atoms with van der Waals surface area (Å²) in [5.74, 6) is -1.87. The van der Waals surface area contributed by atoms with Crippen LogP contribution in [0.5, 0.6) is 23.0 Å². The number of ether oxygens (including phenoxy) is 5. The fraction of sp³-hybridized carbons (Fsp3) is 0.448. The van der Waals surface area contributed by atoms with Gasteiger partial charge in [0.15, 0.2) is 23.1 Å².